The van der Waals surface area contributed by atoms with Gasteiger partial charge in [-0.25, -0.2) is 14.8 Å². The minimum Gasteiger partial charge on any atom is -0.444 e. The van der Waals surface area contributed by atoms with E-state index in [1.165, 1.54) is 5.57 Å². The molecule has 1 unspecified atom stereocenters. The molecule has 1 amide bonds. The summed E-state index contributed by atoms with van der Waals surface area (Å²) in [4.78, 5) is 26.4. The molecule has 3 aliphatic heterocycles. The van der Waals surface area contributed by atoms with Gasteiger partial charge in [0, 0.05) is 30.6 Å². The molecule has 8 nitrogen and oxygen atoms in total. The predicted octanol–water partition coefficient (Wildman–Crippen LogP) is 4.88. The van der Waals surface area contributed by atoms with Crippen LogP contribution < -0.4 is 10.6 Å². The van der Waals surface area contributed by atoms with E-state index in [9.17, 15) is 4.79 Å². The van der Waals surface area contributed by atoms with Crippen molar-refractivity contribution in [3.63, 3.8) is 0 Å². The third-order valence-corrected chi connectivity index (χ3v) is 6.78. The minimum atomic E-state index is -0.507. The molecule has 37 heavy (non-hydrogen) atoms. The Bertz CT molecular complexity index is 1180. The fraction of sp³-hybridized carbons (Fsp3) is 0.483. The lowest BCUT2D eigenvalue weighted by molar-refractivity contribution is 0.0270. The standard InChI is InChI=1S/C29H38N6O2/c1-6-20(21-8-12-30-13-9-21)16-23(7-2)33-26-18-31-19-32-27-24(26)17-25(34-27)22-10-14-35(15-11-22)28(36)37-29(3,4)5/h2,6,10,16-19,21,26,30,33-34H,8-9,11-15H2,1,3-5H3/b20-6+,23-16+. The van der Waals surface area contributed by atoms with Crippen molar-refractivity contribution in [2.24, 2.45) is 15.9 Å². The van der Waals surface area contributed by atoms with E-state index in [1.54, 1.807) is 11.2 Å². The van der Waals surface area contributed by atoms with Gasteiger partial charge < -0.3 is 25.3 Å². The van der Waals surface area contributed by atoms with Gasteiger partial charge in [-0.2, -0.15) is 0 Å². The van der Waals surface area contributed by atoms with Gasteiger partial charge in [-0.15, -0.1) is 6.42 Å². The van der Waals surface area contributed by atoms with E-state index in [4.69, 9.17) is 11.2 Å². The van der Waals surface area contributed by atoms with Gasteiger partial charge in [0.25, 0.3) is 0 Å². The summed E-state index contributed by atoms with van der Waals surface area (Å²) in [6, 6.07) is 1.88. The lowest BCUT2D eigenvalue weighted by atomic mass is 9.89. The molecule has 1 fully saturated rings. The van der Waals surface area contributed by atoms with Crippen LogP contribution in [0.4, 0.5) is 10.6 Å². The molecule has 1 atom stereocenters. The Balaban J connectivity index is 1.50. The molecular formula is C29H38N6O2. The summed E-state index contributed by atoms with van der Waals surface area (Å²) in [6.07, 6.45) is 18.3. The molecule has 196 valence electrons. The van der Waals surface area contributed by atoms with Crippen LogP contribution in [0.1, 0.15) is 64.3 Å². The van der Waals surface area contributed by atoms with Crippen molar-refractivity contribution in [1.82, 2.24) is 20.5 Å². The molecule has 4 rings (SSSR count). The van der Waals surface area contributed by atoms with E-state index < -0.39 is 5.60 Å². The third-order valence-electron chi connectivity index (χ3n) is 6.78. The maximum atomic E-state index is 12.4. The van der Waals surface area contributed by atoms with Crippen molar-refractivity contribution in [3.8, 4) is 12.3 Å². The first-order chi connectivity index (χ1) is 17.8. The highest BCUT2D eigenvalue weighted by Gasteiger charge is 2.26. The second-order valence-electron chi connectivity index (χ2n) is 10.6. The third kappa shape index (κ3) is 6.80. The van der Waals surface area contributed by atoms with Crippen molar-refractivity contribution in [1.29, 1.82) is 0 Å². The zero-order chi connectivity index (χ0) is 26.4. The smallest absolute Gasteiger partial charge is 0.410 e. The Kier molecular flexibility index (Phi) is 8.34. The van der Waals surface area contributed by atoms with Gasteiger partial charge in [0.2, 0.25) is 0 Å². The van der Waals surface area contributed by atoms with Crippen LogP contribution in [-0.4, -0.2) is 60.3 Å². The number of allylic oxidation sites excluding steroid dienone is 4. The van der Waals surface area contributed by atoms with Crippen molar-refractivity contribution in [2.45, 2.75) is 58.6 Å². The number of aliphatic imine (C=N–C) groups is 2. The second kappa shape index (κ2) is 11.7. The van der Waals surface area contributed by atoms with Gasteiger partial charge in [-0.1, -0.05) is 18.1 Å². The summed E-state index contributed by atoms with van der Waals surface area (Å²) in [5, 5.41) is 6.92. The molecule has 3 aliphatic rings. The highest BCUT2D eigenvalue weighted by molar-refractivity contribution is 5.84. The topological polar surface area (TPSA) is 94.1 Å². The van der Waals surface area contributed by atoms with Crippen LogP contribution in [-0.2, 0) is 4.74 Å². The maximum absolute atomic E-state index is 12.4. The average Bonchev–Trinajstić information content (AvgIpc) is 3.22. The molecule has 1 aromatic rings. The van der Waals surface area contributed by atoms with Crippen LogP contribution >= 0.6 is 0 Å². The molecule has 0 aromatic carbocycles. The zero-order valence-corrected chi connectivity index (χ0v) is 22.3. The Morgan fingerprint density at radius 3 is 2.76 bits per heavy atom. The molecule has 0 radical (unpaired) electrons. The fourth-order valence-corrected chi connectivity index (χ4v) is 4.84. The number of terminal acetylenes is 1. The van der Waals surface area contributed by atoms with Crippen molar-refractivity contribution in [3.05, 3.63) is 46.8 Å². The van der Waals surface area contributed by atoms with Gasteiger partial charge in [-0.05, 0) is 89.3 Å². The number of carbonyl (C=O) groups is 1. The van der Waals surface area contributed by atoms with Gasteiger partial charge in [0.05, 0.1) is 11.7 Å². The predicted molar refractivity (Wildman–Crippen MR) is 150 cm³/mol. The van der Waals surface area contributed by atoms with E-state index in [0.29, 0.717) is 19.0 Å². The molecule has 0 spiro atoms. The summed E-state index contributed by atoms with van der Waals surface area (Å²) in [5.41, 5.74) is 4.60. The first kappa shape index (κ1) is 26.5. The molecule has 1 aromatic heterocycles. The number of hydrogen-bond donors (Lipinski definition) is 3. The molecular weight excluding hydrogens is 464 g/mol. The van der Waals surface area contributed by atoms with Crippen LogP contribution in [0.2, 0.25) is 0 Å². The number of rotatable bonds is 5. The second-order valence-corrected chi connectivity index (χ2v) is 10.6. The number of carbonyl (C=O) groups excluding carboxylic acids is 1. The SMILES string of the molecule is C#C/C(=C\C(=C/C)C1CCNCC1)NC1C=NC=Nc2[nH]c(C3=CCN(C(=O)OC(C)(C)C)CC3)cc21. The van der Waals surface area contributed by atoms with Gasteiger partial charge in [-0.3, -0.25) is 0 Å². The highest BCUT2D eigenvalue weighted by Crippen LogP contribution is 2.33. The minimum absolute atomic E-state index is 0.224. The van der Waals surface area contributed by atoms with E-state index in [0.717, 1.165) is 60.7 Å². The highest BCUT2D eigenvalue weighted by atomic mass is 16.6. The number of hydrogen-bond acceptors (Lipinski definition) is 6. The van der Waals surface area contributed by atoms with Crippen molar-refractivity contribution < 1.29 is 9.53 Å². The molecule has 0 bridgehead atoms. The van der Waals surface area contributed by atoms with E-state index in [2.05, 4.69) is 62.7 Å². The molecule has 3 N–H and O–H groups in total. The number of H-pyrrole nitrogens is 1. The van der Waals surface area contributed by atoms with Gasteiger partial charge in [0.15, 0.2) is 0 Å². The first-order valence-electron chi connectivity index (χ1n) is 13.0. The number of nitrogens with zero attached hydrogens (tertiary/aromatic N) is 3. The summed E-state index contributed by atoms with van der Waals surface area (Å²) < 4.78 is 5.51. The fourth-order valence-electron chi connectivity index (χ4n) is 4.84. The van der Waals surface area contributed by atoms with Crippen molar-refractivity contribution in [2.75, 3.05) is 26.2 Å². The Labute approximate surface area is 220 Å². The number of piperidine rings is 1. The number of nitrogens with one attached hydrogen (secondary N) is 3. The summed E-state index contributed by atoms with van der Waals surface area (Å²) >= 11 is 0. The number of ether oxygens (including phenoxy) is 1. The first-order valence-corrected chi connectivity index (χ1v) is 13.0. The molecule has 1 saturated heterocycles. The summed E-state index contributed by atoms with van der Waals surface area (Å²) in [5.74, 6) is 4.09. The van der Waals surface area contributed by atoms with Gasteiger partial charge >= 0.3 is 6.09 Å². The van der Waals surface area contributed by atoms with Gasteiger partial charge in [0.1, 0.15) is 17.8 Å². The number of fused-ring (bicyclic) bond motifs is 1. The number of aromatic nitrogens is 1. The lowest BCUT2D eigenvalue weighted by Gasteiger charge is -2.29. The average molecular weight is 503 g/mol. The quantitative estimate of drug-likeness (QED) is 0.395. The normalized spacial score (nSPS) is 21.1. The molecule has 0 aliphatic carbocycles. The molecule has 4 heterocycles. The van der Waals surface area contributed by atoms with Crippen LogP contribution in [0, 0.1) is 18.3 Å². The van der Waals surface area contributed by atoms with Crippen molar-refractivity contribution >= 4 is 30.0 Å². The lowest BCUT2D eigenvalue weighted by Crippen LogP contribution is -2.39. The Morgan fingerprint density at radius 1 is 1.32 bits per heavy atom. The number of amides is 1. The summed E-state index contributed by atoms with van der Waals surface area (Å²) in [7, 11) is 0. The van der Waals surface area contributed by atoms with Crippen LogP contribution in [0.5, 0.6) is 0 Å². The summed E-state index contributed by atoms with van der Waals surface area (Å²) in [6.45, 7) is 10.9. The monoisotopic (exact) mass is 502 g/mol. The molecule has 0 saturated carbocycles. The Morgan fingerprint density at radius 2 is 2.11 bits per heavy atom. The Hall–Kier alpha value is -3.57. The maximum Gasteiger partial charge on any atom is 0.410 e. The van der Waals surface area contributed by atoms with Crippen LogP contribution in [0.15, 0.2) is 45.5 Å². The van der Waals surface area contributed by atoms with E-state index >= 15 is 0 Å². The van der Waals surface area contributed by atoms with E-state index in [-0.39, 0.29) is 12.1 Å². The van der Waals surface area contributed by atoms with E-state index in [1.807, 2.05) is 27.0 Å². The zero-order valence-electron chi connectivity index (χ0n) is 22.3. The van der Waals surface area contributed by atoms with Crippen LogP contribution in [0.3, 0.4) is 0 Å². The number of aromatic amines is 1. The largest absolute Gasteiger partial charge is 0.444 e. The van der Waals surface area contributed by atoms with Crippen LogP contribution in [0.25, 0.3) is 5.57 Å². The molecule has 8 heteroatoms.